The van der Waals surface area contributed by atoms with Crippen LogP contribution < -0.4 is 0 Å². The fraction of sp³-hybridized carbons (Fsp3) is 0.905. The summed E-state index contributed by atoms with van der Waals surface area (Å²) in [6.07, 6.45) is 23.2. The highest BCUT2D eigenvalue weighted by atomic mass is 15.4. The highest BCUT2D eigenvalue weighted by Crippen LogP contribution is 2.22. The lowest BCUT2D eigenvalue weighted by atomic mass is 10.1. The van der Waals surface area contributed by atoms with Crippen molar-refractivity contribution in [2.45, 2.75) is 110 Å². The molecule has 0 aromatic heterocycles. The van der Waals surface area contributed by atoms with Crippen LogP contribution in [0, 0.1) is 0 Å². The van der Waals surface area contributed by atoms with Crippen molar-refractivity contribution in [2.75, 3.05) is 13.1 Å². The molecule has 0 saturated heterocycles. The zero-order valence-electron chi connectivity index (χ0n) is 16.2. The van der Waals surface area contributed by atoms with Crippen LogP contribution >= 0.6 is 0 Å². The Morgan fingerprint density at radius 3 is 1.65 bits per heavy atom. The van der Waals surface area contributed by atoms with Gasteiger partial charge in [0.2, 0.25) is 0 Å². The van der Waals surface area contributed by atoms with Crippen molar-refractivity contribution in [3.05, 3.63) is 12.4 Å². The fourth-order valence-corrected chi connectivity index (χ4v) is 3.51. The summed E-state index contributed by atoms with van der Waals surface area (Å²) in [5.41, 5.74) is 0. The van der Waals surface area contributed by atoms with E-state index in [-0.39, 0.29) is 0 Å². The summed E-state index contributed by atoms with van der Waals surface area (Å²) >= 11 is 0. The minimum absolute atomic E-state index is 0.646. The first-order valence-electron chi connectivity index (χ1n) is 10.5. The van der Waals surface area contributed by atoms with Crippen LogP contribution in [0.2, 0.25) is 0 Å². The van der Waals surface area contributed by atoms with Crippen LogP contribution in [0.5, 0.6) is 0 Å². The summed E-state index contributed by atoms with van der Waals surface area (Å²) in [5.74, 6) is 0. The molecule has 0 radical (unpaired) electrons. The van der Waals surface area contributed by atoms with E-state index in [0.29, 0.717) is 6.17 Å². The molecular weight excluding hydrogens is 280 g/mol. The Kier molecular flexibility index (Phi) is 12.2. The number of rotatable bonds is 15. The van der Waals surface area contributed by atoms with E-state index in [9.17, 15) is 0 Å². The molecule has 0 amide bonds. The van der Waals surface area contributed by atoms with Crippen molar-refractivity contribution < 1.29 is 0 Å². The van der Waals surface area contributed by atoms with Gasteiger partial charge in [0, 0.05) is 25.5 Å². The van der Waals surface area contributed by atoms with Gasteiger partial charge in [-0.2, -0.15) is 0 Å². The van der Waals surface area contributed by atoms with E-state index in [2.05, 4.69) is 43.0 Å². The van der Waals surface area contributed by atoms with Gasteiger partial charge in [-0.05, 0) is 25.7 Å². The van der Waals surface area contributed by atoms with Crippen molar-refractivity contribution in [1.82, 2.24) is 9.80 Å². The van der Waals surface area contributed by atoms with Gasteiger partial charge in [0.1, 0.15) is 6.17 Å². The van der Waals surface area contributed by atoms with Gasteiger partial charge in [0.15, 0.2) is 0 Å². The first kappa shape index (κ1) is 20.4. The maximum Gasteiger partial charge on any atom is 0.101 e. The predicted molar refractivity (Wildman–Crippen MR) is 103 cm³/mol. The average Bonchev–Trinajstić information content (AvgIpc) is 2.94. The summed E-state index contributed by atoms with van der Waals surface area (Å²) in [5, 5.41) is 0. The van der Waals surface area contributed by atoms with Gasteiger partial charge in [-0.25, -0.2) is 0 Å². The minimum atomic E-state index is 0.646. The summed E-state index contributed by atoms with van der Waals surface area (Å²) < 4.78 is 0. The van der Waals surface area contributed by atoms with Crippen molar-refractivity contribution >= 4 is 0 Å². The van der Waals surface area contributed by atoms with Crippen LogP contribution in [0.25, 0.3) is 0 Å². The highest BCUT2D eigenvalue weighted by molar-refractivity contribution is 4.96. The number of nitrogens with zero attached hydrogens (tertiary/aromatic N) is 2. The molecule has 0 saturated carbocycles. The molecule has 1 heterocycles. The fourth-order valence-electron chi connectivity index (χ4n) is 3.51. The summed E-state index contributed by atoms with van der Waals surface area (Å²) in [7, 11) is 0. The van der Waals surface area contributed by atoms with E-state index in [0.717, 1.165) is 0 Å². The summed E-state index contributed by atoms with van der Waals surface area (Å²) in [4.78, 5) is 5.22. The molecule has 0 aromatic carbocycles. The molecule has 2 heteroatoms. The minimum Gasteiger partial charge on any atom is -0.356 e. The van der Waals surface area contributed by atoms with Gasteiger partial charge in [0.25, 0.3) is 0 Å². The average molecular weight is 323 g/mol. The molecule has 0 aromatic rings. The Morgan fingerprint density at radius 2 is 1.04 bits per heavy atom. The van der Waals surface area contributed by atoms with E-state index in [1.807, 2.05) is 0 Å². The molecular formula is C21H42N2. The highest BCUT2D eigenvalue weighted by Gasteiger charge is 2.24. The van der Waals surface area contributed by atoms with Crippen molar-refractivity contribution in [3.8, 4) is 0 Å². The van der Waals surface area contributed by atoms with Crippen LogP contribution in [0.3, 0.4) is 0 Å². The van der Waals surface area contributed by atoms with Gasteiger partial charge in [-0.3, -0.25) is 0 Å². The monoisotopic (exact) mass is 322 g/mol. The third kappa shape index (κ3) is 8.67. The molecule has 0 N–H and O–H groups in total. The van der Waals surface area contributed by atoms with Crippen molar-refractivity contribution in [3.63, 3.8) is 0 Å². The van der Waals surface area contributed by atoms with E-state index in [1.165, 1.54) is 96.6 Å². The Labute approximate surface area is 146 Å². The molecule has 0 bridgehead atoms. The molecule has 0 fully saturated rings. The molecule has 23 heavy (non-hydrogen) atoms. The standard InChI is InChI=1S/C21H42N2/c1-4-7-10-11-12-13-15-18-23-20-19-22(17-9-6-3)21(23)16-14-8-5-2/h19-21H,4-18H2,1-3H3. The second kappa shape index (κ2) is 13.7. The van der Waals surface area contributed by atoms with E-state index in [1.54, 1.807) is 0 Å². The molecule has 1 rings (SSSR count). The SMILES string of the molecule is CCCCCCCCCN1C=CN(CCCC)C1CCCCC. The molecule has 136 valence electrons. The maximum atomic E-state index is 2.62. The first-order chi connectivity index (χ1) is 11.3. The van der Waals surface area contributed by atoms with E-state index in [4.69, 9.17) is 0 Å². The quantitative estimate of drug-likeness (QED) is 0.316. The summed E-state index contributed by atoms with van der Waals surface area (Å²) in [6.45, 7) is 9.38. The molecule has 1 aliphatic heterocycles. The van der Waals surface area contributed by atoms with Crippen LogP contribution in [-0.4, -0.2) is 29.1 Å². The van der Waals surface area contributed by atoms with Crippen LogP contribution in [0.1, 0.15) is 104 Å². The smallest absolute Gasteiger partial charge is 0.101 e. The Hall–Kier alpha value is -0.660. The first-order valence-corrected chi connectivity index (χ1v) is 10.5. The topological polar surface area (TPSA) is 6.48 Å². The molecule has 1 aliphatic rings. The molecule has 2 nitrogen and oxygen atoms in total. The van der Waals surface area contributed by atoms with Gasteiger partial charge in [0.05, 0.1) is 0 Å². The largest absolute Gasteiger partial charge is 0.356 e. The Morgan fingerprint density at radius 1 is 0.565 bits per heavy atom. The lowest BCUT2D eigenvalue weighted by Gasteiger charge is -2.33. The summed E-state index contributed by atoms with van der Waals surface area (Å²) in [6, 6.07) is 0. The van der Waals surface area contributed by atoms with Gasteiger partial charge in [-0.1, -0.05) is 78.6 Å². The van der Waals surface area contributed by atoms with E-state index >= 15 is 0 Å². The third-order valence-corrected chi connectivity index (χ3v) is 5.07. The van der Waals surface area contributed by atoms with Crippen molar-refractivity contribution in [2.24, 2.45) is 0 Å². The maximum absolute atomic E-state index is 2.62. The van der Waals surface area contributed by atoms with Crippen LogP contribution in [-0.2, 0) is 0 Å². The third-order valence-electron chi connectivity index (χ3n) is 5.07. The number of hydrogen-bond donors (Lipinski definition) is 0. The second-order valence-corrected chi connectivity index (χ2v) is 7.23. The molecule has 0 spiro atoms. The molecule has 0 aliphatic carbocycles. The van der Waals surface area contributed by atoms with Crippen LogP contribution in [0.15, 0.2) is 12.4 Å². The Bertz CT molecular complexity index is 288. The molecule has 1 atom stereocenters. The predicted octanol–water partition coefficient (Wildman–Crippen LogP) is 6.53. The Balaban J connectivity index is 2.25. The van der Waals surface area contributed by atoms with Gasteiger partial charge >= 0.3 is 0 Å². The van der Waals surface area contributed by atoms with Gasteiger partial charge < -0.3 is 9.80 Å². The lowest BCUT2D eigenvalue weighted by molar-refractivity contribution is 0.136. The second-order valence-electron chi connectivity index (χ2n) is 7.23. The number of unbranched alkanes of at least 4 members (excludes halogenated alkanes) is 9. The normalized spacial score (nSPS) is 17.4. The lowest BCUT2D eigenvalue weighted by Crippen LogP contribution is -2.39. The van der Waals surface area contributed by atoms with E-state index < -0.39 is 0 Å². The van der Waals surface area contributed by atoms with Gasteiger partial charge in [-0.15, -0.1) is 0 Å². The van der Waals surface area contributed by atoms with Crippen molar-refractivity contribution in [1.29, 1.82) is 0 Å². The number of hydrogen-bond acceptors (Lipinski definition) is 2. The molecule has 1 unspecified atom stereocenters. The van der Waals surface area contributed by atoms with Crippen LogP contribution in [0.4, 0.5) is 0 Å². The zero-order chi connectivity index (χ0) is 16.8. The zero-order valence-corrected chi connectivity index (χ0v) is 16.2.